The van der Waals surface area contributed by atoms with E-state index in [1.54, 1.807) is 28.4 Å². The van der Waals surface area contributed by atoms with Crippen molar-refractivity contribution in [1.82, 2.24) is 9.21 Å². The van der Waals surface area contributed by atoms with Crippen molar-refractivity contribution in [2.75, 3.05) is 39.5 Å². The summed E-state index contributed by atoms with van der Waals surface area (Å²) in [6, 6.07) is 8.80. The molecule has 2 saturated heterocycles. The number of carbonyl (C=O) groups excluding carboxylic acids is 1. The minimum Gasteiger partial charge on any atom is -0.379 e. The lowest BCUT2D eigenvalue weighted by atomic mass is 10.1. The van der Waals surface area contributed by atoms with Gasteiger partial charge in [0.1, 0.15) is 0 Å². The maximum absolute atomic E-state index is 13.6. The Morgan fingerprint density at radius 2 is 2.03 bits per heavy atom. The quantitative estimate of drug-likeness (QED) is 0.630. The van der Waals surface area contributed by atoms with Gasteiger partial charge in [0.15, 0.2) is 0 Å². The number of sulfonamides is 1. The van der Waals surface area contributed by atoms with Gasteiger partial charge in [0.05, 0.1) is 30.8 Å². The second-order valence-corrected chi connectivity index (χ2v) is 10.9. The number of aryl methyl sites for hydroxylation is 1. The van der Waals surface area contributed by atoms with Gasteiger partial charge < -0.3 is 14.4 Å². The summed E-state index contributed by atoms with van der Waals surface area (Å²) in [5, 5.41) is 1.99. The molecule has 0 radical (unpaired) electrons. The first-order valence-electron chi connectivity index (χ1n) is 10.6. The zero-order chi connectivity index (χ0) is 21.8. The summed E-state index contributed by atoms with van der Waals surface area (Å²) in [4.78, 5) is 16.6. The van der Waals surface area contributed by atoms with Crippen molar-refractivity contribution in [3.8, 4) is 0 Å². The highest BCUT2D eigenvalue weighted by Gasteiger charge is 2.29. The molecule has 31 heavy (non-hydrogen) atoms. The first-order valence-corrected chi connectivity index (χ1v) is 12.9. The van der Waals surface area contributed by atoms with Crippen LogP contribution in [-0.4, -0.2) is 69.1 Å². The van der Waals surface area contributed by atoms with Gasteiger partial charge in [0, 0.05) is 36.7 Å². The minimum absolute atomic E-state index is 0.0180. The number of rotatable bonds is 7. The largest absolute Gasteiger partial charge is 0.379 e. The van der Waals surface area contributed by atoms with Crippen molar-refractivity contribution < 1.29 is 22.7 Å². The van der Waals surface area contributed by atoms with E-state index in [-0.39, 0.29) is 16.9 Å². The molecule has 0 saturated carbocycles. The van der Waals surface area contributed by atoms with Gasteiger partial charge in [0.2, 0.25) is 10.0 Å². The highest BCUT2D eigenvalue weighted by atomic mass is 32.2. The monoisotopic (exact) mass is 464 g/mol. The predicted octanol–water partition coefficient (Wildman–Crippen LogP) is 2.90. The van der Waals surface area contributed by atoms with Gasteiger partial charge >= 0.3 is 0 Å². The molecule has 0 spiro atoms. The van der Waals surface area contributed by atoms with E-state index < -0.39 is 10.0 Å². The van der Waals surface area contributed by atoms with E-state index in [2.05, 4.69) is 0 Å². The number of hydrogen-bond donors (Lipinski definition) is 0. The Kier molecular flexibility index (Phi) is 7.08. The van der Waals surface area contributed by atoms with Gasteiger partial charge in [-0.2, -0.15) is 4.31 Å². The highest BCUT2D eigenvalue weighted by molar-refractivity contribution is 7.89. The number of carbonyl (C=O) groups is 1. The Hall–Kier alpha value is -1.78. The standard InChI is InChI=1S/C22H28N2O5S2/c1-17-6-7-20(31(26,27)24-8-11-28-12-9-24)14-21(17)22(25)23(15-18-4-2-10-29-18)16-19-5-3-13-30-19/h3,5-7,13-14,18H,2,4,8-12,15-16H2,1H3/t18-/m0/s1. The van der Waals surface area contributed by atoms with Crippen molar-refractivity contribution in [2.24, 2.45) is 0 Å². The number of hydrogen-bond acceptors (Lipinski definition) is 6. The van der Waals surface area contributed by atoms with Crippen molar-refractivity contribution in [2.45, 2.75) is 37.3 Å². The molecule has 1 atom stereocenters. The van der Waals surface area contributed by atoms with Crippen LogP contribution < -0.4 is 0 Å². The van der Waals surface area contributed by atoms with Gasteiger partial charge in [-0.25, -0.2) is 8.42 Å². The number of benzene rings is 1. The van der Waals surface area contributed by atoms with Crippen LogP contribution in [-0.2, 0) is 26.0 Å². The molecule has 1 aromatic heterocycles. The van der Waals surface area contributed by atoms with E-state index in [0.29, 0.717) is 45.0 Å². The summed E-state index contributed by atoms with van der Waals surface area (Å²) in [5.74, 6) is -0.166. The lowest BCUT2D eigenvalue weighted by Crippen LogP contribution is -2.41. The summed E-state index contributed by atoms with van der Waals surface area (Å²) in [5.41, 5.74) is 1.18. The smallest absolute Gasteiger partial charge is 0.254 e. The van der Waals surface area contributed by atoms with Crippen molar-refractivity contribution in [3.05, 3.63) is 51.7 Å². The van der Waals surface area contributed by atoms with Crippen LogP contribution in [0.1, 0.15) is 33.6 Å². The summed E-state index contributed by atoms with van der Waals surface area (Å²) in [6.45, 7) is 4.95. The number of amides is 1. The molecule has 2 aliphatic heterocycles. The fourth-order valence-corrected chi connectivity index (χ4v) is 6.10. The average molecular weight is 465 g/mol. The molecule has 7 nitrogen and oxygen atoms in total. The van der Waals surface area contributed by atoms with Crippen LogP contribution in [0.2, 0.25) is 0 Å². The maximum atomic E-state index is 13.6. The average Bonchev–Trinajstić information content (AvgIpc) is 3.48. The first kappa shape index (κ1) is 22.4. The SMILES string of the molecule is Cc1ccc(S(=O)(=O)N2CCOCC2)cc1C(=O)N(Cc1cccs1)C[C@@H]1CCCO1. The van der Waals surface area contributed by atoms with Crippen molar-refractivity contribution in [1.29, 1.82) is 0 Å². The molecule has 0 unspecified atom stereocenters. The molecule has 0 bridgehead atoms. The fraction of sp³-hybridized carbons (Fsp3) is 0.500. The zero-order valence-electron chi connectivity index (χ0n) is 17.7. The Labute approximate surface area is 187 Å². The van der Waals surface area contributed by atoms with E-state index in [1.807, 2.05) is 24.4 Å². The van der Waals surface area contributed by atoms with E-state index in [9.17, 15) is 13.2 Å². The van der Waals surface area contributed by atoms with Gasteiger partial charge in [-0.15, -0.1) is 11.3 Å². The van der Waals surface area contributed by atoms with E-state index in [0.717, 1.165) is 29.9 Å². The molecule has 2 aliphatic rings. The summed E-state index contributed by atoms with van der Waals surface area (Å²) < 4.78 is 38.7. The zero-order valence-corrected chi connectivity index (χ0v) is 19.3. The van der Waals surface area contributed by atoms with Crippen molar-refractivity contribution >= 4 is 27.3 Å². The molecular weight excluding hydrogens is 436 g/mol. The van der Waals surface area contributed by atoms with Gasteiger partial charge in [-0.05, 0) is 48.9 Å². The summed E-state index contributed by atoms with van der Waals surface area (Å²) in [6.07, 6.45) is 1.95. The molecule has 0 aliphatic carbocycles. The Bertz CT molecular complexity index is 995. The number of nitrogens with zero attached hydrogens (tertiary/aromatic N) is 2. The minimum atomic E-state index is -3.67. The van der Waals surface area contributed by atoms with Gasteiger partial charge in [-0.3, -0.25) is 4.79 Å². The van der Waals surface area contributed by atoms with Crippen LogP contribution in [0.4, 0.5) is 0 Å². The van der Waals surface area contributed by atoms with Crippen molar-refractivity contribution in [3.63, 3.8) is 0 Å². The molecule has 3 heterocycles. The maximum Gasteiger partial charge on any atom is 0.254 e. The lowest BCUT2D eigenvalue weighted by Gasteiger charge is -2.27. The van der Waals surface area contributed by atoms with Crippen LogP contribution >= 0.6 is 11.3 Å². The van der Waals surface area contributed by atoms with Crippen LogP contribution in [0.25, 0.3) is 0 Å². The molecule has 4 rings (SSSR count). The van der Waals surface area contributed by atoms with Crippen LogP contribution in [0.3, 0.4) is 0 Å². The van der Waals surface area contributed by atoms with E-state index in [1.165, 1.54) is 10.4 Å². The summed E-state index contributed by atoms with van der Waals surface area (Å²) >= 11 is 1.60. The van der Waals surface area contributed by atoms with Gasteiger partial charge in [0.25, 0.3) is 5.91 Å². The molecule has 168 valence electrons. The topological polar surface area (TPSA) is 76.2 Å². The third-order valence-corrected chi connectivity index (χ3v) is 8.47. The number of morpholine rings is 1. The Morgan fingerprint density at radius 3 is 2.71 bits per heavy atom. The molecule has 2 fully saturated rings. The predicted molar refractivity (Wildman–Crippen MR) is 119 cm³/mol. The second kappa shape index (κ2) is 9.79. The first-order chi connectivity index (χ1) is 14.9. The van der Waals surface area contributed by atoms with Crippen LogP contribution in [0.15, 0.2) is 40.6 Å². The Balaban J connectivity index is 1.62. The van der Waals surface area contributed by atoms with Crippen LogP contribution in [0, 0.1) is 6.92 Å². The molecule has 2 aromatic rings. The molecule has 1 aromatic carbocycles. The lowest BCUT2D eigenvalue weighted by molar-refractivity contribution is 0.0509. The molecule has 0 N–H and O–H groups in total. The van der Waals surface area contributed by atoms with Crippen LogP contribution in [0.5, 0.6) is 0 Å². The number of ether oxygens (including phenoxy) is 2. The molecular formula is C22H28N2O5S2. The summed E-state index contributed by atoms with van der Waals surface area (Å²) in [7, 11) is -3.67. The third-order valence-electron chi connectivity index (χ3n) is 5.71. The van der Waals surface area contributed by atoms with Gasteiger partial charge in [-0.1, -0.05) is 12.1 Å². The highest BCUT2D eigenvalue weighted by Crippen LogP contribution is 2.24. The third kappa shape index (κ3) is 5.18. The Morgan fingerprint density at radius 1 is 1.23 bits per heavy atom. The van der Waals surface area contributed by atoms with E-state index >= 15 is 0 Å². The van der Waals surface area contributed by atoms with E-state index in [4.69, 9.17) is 9.47 Å². The molecule has 9 heteroatoms. The normalized spacial score (nSPS) is 20.1. The molecule has 1 amide bonds. The number of thiophene rings is 1. The fourth-order valence-electron chi connectivity index (χ4n) is 3.94. The second-order valence-electron chi connectivity index (χ2n) is 7.89.